The molecule has 2 nitrogen and oxygen atoms in total. The second-order valence-corrected chi connectivity index (χ2v) is 17.7. The van der Waals surface area contributed by atoms with Crippen molar-refractivity contribution >= 4 is 17.2 Å². The molecule has 6 fully saturated rings. The Labute approximate surface area is 225 Å². The maximum absolute atomic E-state index is 3.81. The molecule has 6 atom stereocenters. The minimum atomic E-state index is -0.0278. The highest BCUT2D eigenvalue weighted by Crippen LogP contribution is 2.65. The molecule has 4 aliphatic carbocycles. The summed E-state index contributed by atoms with van der Waals surface area (Å²) in [6.07, 6.45) is 15.9. The minimum Gasteiger partial charge on any atom is -0.316 e. The predicted octanol–water partition coefficient (Wildman–Crippen LogP) is 7.04. The molecule has 0 aromatic heterocycles. The molecule has 6 aliphatic rings. The Bertz CT molecular complexity index is 879. The summed E-state index contributed by atoms with van der Waals surface area (Å²) in [5, 5.41) is 7.62. The summed E-state index contributed by atoms with van der Waals surface area (Å²) in [5.74, 6) is 3.86. The fraction of sp³-hybridized carbons (Fsp3) is 0.812. The van der Waals surface area contributed by atoms with Crippen LogP contribution in [0.5, 0.6) is 0 Å². The van der Waals surface area contributed by atoms with Crippen molar-refractivity contribution in [1.29, 1.82) is 0 Å². The van der Waals surface area contributed by atoms with Gasteiger partial charge in [-0.05, 0) is 146 Å². The van der Waals surface area contributed by atoms with E-state index in [1.807, 2.05) is 5.56 Å². The number of hydrogen-bond donors (Lipinski definition) is 2. The van der Waals surface area contributed by atoms with Crippen LogP contribution in [0.4, 0.5) is 0 Å². The number of nitrogens with one attached hydrogen (secondary N) is 2. The quantitative estimate of drug-likeness (QED) is 0.389. The third-order valence-corrected chi connectivity index (χ3v) is 15.1. The fourth-order valence-corrected chi connectivity index (χ4v) is 14.0. The highest BCUT2D eigenvalue weighted by Gasteiger charge is 2.57. The van der Waals surface area contributed by atoms with E-state index in [0.717, 1.165) is 35.0 Å². The van der Waals surface area contributed by atoms with Crippen molar-refractivity contribution in [3.05, 3.63) is 34.9 Å². The van der Waals surface area contributed by atoms with Crippen molar-refractivity contribution in [2.45, 2.75) is 107 Å². The van der Waals surface area contributed by atoms with Crippen molar-refractivity contribution in [3.8, 4) is 0 Å². The van der Waals surface area contributed by atoms with Crippen LogP contribution >= 0.6 is 17.2 Å². The lowest BCUT2D eigenvalue weighted by Crippen LogP contribution is -2.56. The molecule has 2 aliphatic heterocycles. The zero-order valence-electron chi connectivity index (χ0n) is 23.3. The third kappa shape index (κ3) is 4.89. The first kappa shape index (κ1) is 26.2. The molecule has 4 saturated carbocycles. The Morgan fingerprint density at radius 2 is 1.58 bits per heavy atom. The first-order chi connectivity index (χ1) is 17.4. The van der Waals surface area contributed by atoms with Gasteiger partial charge in [0.15, 0.2) is 0 Å². The van der Waals surface area contributed by atoms with Gasteiger partial charge in [-0.1, -0.05) is 46.9 Å². The monoisotopic (exact) mass is 526 g/mol. The van der Waals surface area contributed by atoms with Gasteiger partial charge in [0.25, 0.3) is 0 Å². The van der Waals surface area contributed by atoms with Crippen LogP contribution in [-0.2, 0) is 17.0 Å². The lowest BCUT2D eigenvalue weighted by molar-refractivity contribution is -0.0520. The molecule has 200 valence electrons. The van der Waals surface area contributed by atoms with Gasteiger partial charge in [-0.15, -0.1) is 9.24 Å². The van der Waals surface area contributed by atoms with Crippen LogP contribution in [-0.4, -0.2) is 43.7 Å². The van der Waals surface area contributed by atoms with Gasteiger partial charge >= 0.3 is 0 Å². The van der Waals surface area contributed by atoms with E-state index < -0.39 is 0 Å². The molecule has 1 aromatic rings. The second kappa shape index (κ2) is 10.5. The van der Waals surface area contributed by atoms with Gasteiger partial charge in [-0.3, -0.25) is 0 Å². The first-order valence-electron chi connectivity index (χ1n) is 15.4. The van der Waals surface area contributed by atoms with Crippen LogP contribution in [0, 0.1) is 23.7 Å². The summed E-state index contributed by atoms with van der Waals surface area (Å²) >= 11 is 0. The molecular weight excluding hydrogens is 474 g/mol. The molecule has 2 N–H and O–H groups in total. The van der Waals surface area contributed by atoms with Gasteiger partial charge < -0.3 is 10.6 Å². The van der Waals surface area contributed by atoms with Crippen molar-refractivity contribution in [2.75, 3.05) is 32.3 Å². The molecule has 7 rings (SSSR count). The van der Waals surface area contributed by atoms with E-state index in [9.17, 15) is 0 Å². The lowest BCUT2D eigenvalue weighted by Gasteiger charge is -2.62. The van der Waals surface area contributed by atoms with Gasteiger partial charge in [0.1, 0.15) is 0 Å². The molecule has 4 heteroatoms. The third-order valence-electron chi connectivity index (χ3n) is 11.1. The second-order valence-electron chi connectivity index (χ2n) is 14.4. The van der Waals surface area contributed by atoms with Gasteiger partial charge in [0.05, 0.1) is 0 Å². The molecule has 0 radical (unpaired) electrons. The Balaban J connectivity index is 1.42. The topological polar surface area (TPSA) is 24.1 Å². The number of benzene rings is 1. The van der Waals surface area contributed by atoms with E-state index in [1.54, 1.807) is 11.1 Å². The van der Waals surface area contributed by atoms with Gasteiger partial charge in [-0.25, -0.2) is 0 Å². The zero-order valence-corrected chi connectivity index (χ0v) is 25.4. The van der Waals surface area contributed by atoms with Crippen LogP contribution < -0.4 is 10.6 Å². The molecule has 2 heterocycles. The van der Waals surface area contributed by atoms with Crippen molar-refractivity contribution < 1.29 is 0 Å². The molecular formula is C32H52N2P2. The van der Waals surface area contributed by atoms with E-state index in [4.69, 9.17) is 0 Å². The van der Waals surface area contributed by atoms with Gasteiger partial charge in [0, 0.05) is 13.1 Å². The summed E-state index contributed by atoms with van der Waals surface area (Å²) in [6, 6.07) is 7.96. The Morgan fingerprint density at radius 1 is 0.944 bits per heavy atom. The highest BCUT2D eigenvalue weighted by atomic mass is 31.1. The highest BCUT2D eigenvalue weighted by molar-refractivity contribution is 7.58. The predicted molar refractivity (Wildman–Crippen MR) is 161 cm³/mol. The molecule has 2 saturated heterocycles. The van der Waals surface area contributed by atoms with Crippen LogP contribution in [0.3, 0.4) is 0 Å². The largest absolute Gasteiger partial charge is 0.316 e. The van der Waals surface area contributed by atoms with E-state index in [0.29, 0.717) is 5.41 Å². The average molecular weight is 527 g/mol. The van der Waals surface area contributed by atoms with Crippen LogP contribution in [0.1, 0.15) is 95.2 Å². The minimum absolute atomic E-state index is 0.0278. The van der Waals surface area contributed by atoms with Crippen LogP contribution in [0.25, 0.3) is 0 Å². The summed E-state index contributed by atoms with van der Waals surface area (Å²) in [5.41, 5.74) is 7.65. The Kier molecular flexibility index (Phi) is 7.67. The Morgan fingerprint density at radius 3 is 2.11 bits per heavy atom. The van der Waals surface area contributed by atoms with Gasteiger partial charge in [0.2, 0.25) is 0 Å². The molecule has 6 unspecified atom stereocenters. The summed E-state index contributed by atoms with van der Waals surface area (Å²) in [4.78, 5) is 0. The molecule has 0 amide bonds. The van der Waals surface area contributed by atoms with Crippen molar-refractivity contribution in [1.82, 2.24) is 10.6 Å². The lowest BCUT2D eigenvalue weighted by atomic mass is 9.43. The van der Waals surface area contributed by atoms with Crippen molar-refractivity contribution in [3.63, 3.8) is 0 Å². The van der Waals surface area contributed by atoms with E-state index in [1.165, 1.54) is 96.3 Å². The summed E-state index contributed by atoms with van der Waals surface area (Å²) in [6.45, 7) is 12.2. The number of hydrogen-bond acceptors (Lipinski definition) is 2. The number of piperidine rings is 2. The first-order valence-corrected chi connectivity index (χ1v) is 17.9. The standard InChI is InChI=1S/C32H52N2P2/c1-31(2,3)26-8-9-29(32-16-22-12-23(17-32)14-24(13-22)30(32)20-35)25(15-26)21-36(27-6-4-10-33-18-27)28-7-5-11-34-19-28/h8-9,15,22-24,27-28,30,33-34H,4-7,10-14,16-21,35H2,1-3H3. The normalized spacial score (nSPS) is 39.3. The maximum atomic E-state index is 3.81. The van der Waals surface area contributed by atoms with E-state index in [-0.39, 0.29) is 13.3 Å². The van der Waals surface area contributed by atoms with E-state index >= 15 is 0 Å². The summed E-state index contributed by atoms with van der Waals surface area (Å²) < 4.78 is 0. The zero-order chi connectivity index (χ0) is 24.9. The number of rotatable bonds is 6. The molecule has 36 heavy (non-hydrogen) atoms. The maximum Gasteiger partial charge on any atom is 0.00191 e. The average Bonchev–Trinajstić information content (AvgIpc) is 2.87. The van der Waals surface area contributed by atoms with Crippen LogP contribution in [0.2, 0.25) is 0 Å². The molecule has 0 spiro atoms. The SMILES string of the molecule is CC(C)(C)c1ccc(C23CC4CC(CC(C4)C2CP)C3)c(CP(C2CCCNC2)C2CCCNC2)c1. The van der Waals surface area contributed by atoms with Crippen LogP contribution in [0.15, 0.2) is 18.2 Å². The van der Waals surface area contributed by atoms with Crippen molar-refractivity contribution in [2.24, 2.45) is 23.7 Å². The van der Waals surface area contributed by atoms with Gasteiger partial charge in [-0.2, -0.15) is 0 Å². The Hall–Kier alpha value is -0.0000000000000000555. The molecule has 1 aromatic carbocycles. The molecule has 4 bridgehead atoms. The summed E-state index contributed by atoms with van der Waals surface area (Å²) in [7, 11) is 3.18. The fourth-order valence-electron chi connectivity index (χ4n) is 9.65. The van der Waals surface area contributed by atoms with E-state index in [2.05, 4.69) is 58.8 Å². The smallest absolute Gasteiger partial charge is 0.00191 e.